The van der Waals surface area contributed by atoms with Crippen LogP contribution < -0.4 is 0 Å². The van der Waals surface area contributed by atoms with E-state index in [1.54, 1.807) is 0 Å². The zero-order valence-electron chi connectivity index (χ0n) is 8.79. The Morgan fingerprint density at radius 2 is 1.71 bits per heavy atom. The van der Waals surface area contributed by atoms with E-state index in [1.165, 1.54) is 6.92 Å². The SMILES string of the molecule is CC(=O)O/C=C(\C(=O)C=O)[Si](C)(C)C. The Kier molecular flexibility index (Phi) is 4.42. The predicted octanol–water partition coefficient (Wildman–Crippen LogP) is 1.08. The van der Waals surface area contributed by atoms with Crippen LogP contribution in [0.1, 0.15) is 6.92 Å². The van der Waals surface area contributed by atoms with Gasteiger partial charge in [-0.25, -0.2) is 0 Å². The van der Waals surface area contributed by atoms with Gasteiger partial charge in [-0.3, -0.25) is 14.4 Å². The summed E-state index contributed by atoms with van der Waals surface area (Å²) in [5.74, 6) is -1.11. The molecule has 0 atom stereocenters. The van der Waals surface area contributed by atoms with Crippen molar-refractivity contribution in [2.75, 3.05) is 0 Å². The fraction of sp³-hybridized carbons (Fsp3) is 0.444. The van der Waals surface area contributed by atoms with Crippen molar-refractivity contribution in [1.29, 1.82) is 0 Å². The van der Waals surface area contributed by atoms with Crippen LogP contribution in [0, 0.1) is 0 Å². The highest BCUT2D eigenvalue weighted by atomic mass is 28.3. The molecule has 14 heavy (non-hydrogen) atoms. The van der Waals surface area contributed by atoms with Gasteiger partial charge in [-0.1, -0.05) is 19.6 Å². The van der Waals surface area contributed by atoms with Crippen LogP contribution in [0.5, 0.6) is 0 Å². The van der Waals surface area contributed by atoms with Gasteiger partial charge >= 0.3 is 5.97 Å². The molecular weight excluding hydrogens is 200 g/mol. The number of esters is 1. The van der Waals surface area contributed by atoms with Gasteiger partial charge in [-0.15, -0.1) is 0 Å². The Balaban J connectivity index is 4.91. The second kappa shape index (κ2) is 4.85. The van der Waals surface area contributed by atoms with Gasteiger partial charge in [0.1, 0.15) is 0 Å². The first-order valence-electron chi connectivity index (χ1n) is 4.16. The average molecular weight is 214 g/mol. The van der Waals surface area contributed by atoms with Crippen LogP contribution in [0.25, 0.3) is 0 Å². The summed E-state index contributed by atoms with van der Waals surface area (Å²) in [6.07, 6.45) is 1.35. The van der Waals surface area contributed by atoms with Crippen molar-refractivity contribution in [1.82, 2.24) is 0 Å². The molecule has 0 fully saturated rings. The average Bonchev–Trinajstić information content (AvgIpc) is 2.01. The van der Waals surface area contributed by atoms with Gasteiger partial charge in [0.2, 0.25) is 5.78 Å². The van der Waals surface area contributed by atoms with Crippen LogP contribution in [0.2, 0.25) is 19.6 Å². The van der Waals surface area contributed by atoms with Crippen LogP contribution in [0.15, 0.2) is 11.5 Å². The number of allylic oxidation sites excluding steroid dienone is 1. The first kappa shape index (κ1) is 12.8. The molecule has 0 saturated carbocycles. The molecular formula is C9H14O4Si. The van der Waals surface area contributed by atoms with E-state index in [4.69, 9.17) is 0 Å². The molecule has 0 spiro atoms. The molecule has 0 unspecified atom stereocenters. The molecule has 0 aromatic heterocycles. The maximum Gasteiger partial charge on any atom is 0.307 e. The van der Waals surface area contributed by atoms with E-state index >= 15 is 0 Å². The molecule has 0 N–H and O–H groups in total. The summed E-state index contributed by atoms with van der Waals surface area (Å²) in [5, 5.41) is 0.322. The molecule has 0 bridgehead atoms. The third-order valence-electron chi connectivity index (χ3n) is 1.52. The Labute approximate surface area is 83.9 Å². The summed E-state index contributed by atoms with van der Waals surface area (Å²) < 4.78 is 4.61. The minimum Gasteiger partial charge on any atom is -0.435 e. The summed E-state index contributed by atoms with van der Waals surface area (Å²) in [6.45, 7) is 6.92. The van der Waals surface area contributed by atoms with E-state index in [-0.39, 0.29) is 6.29 Å². The van der Waals surface area contributed by atoms with Gasteiger partial charge < -0.3 is 4.74 Å². The quantitative estimate of drug-likeness (QED) is 0.175. The Morgan fingerprint density at radius 3 is 2.00 bits per heavy atom. The molecule has 0 rings (SSSR count). The molecule has 78 valence electrons. The summed E-state index contributed by atoms with van der Waals surface area (Å²) >= 11 is 0. The van der Waals surface area contributed by atoms with Crippen molar-refractivity contribution >= 4 is 26.1 Å². The van der Waals surface area contributed by atoms with Gasteiger partial charge in [0.05, 0.1) is 14.3 Å². The Morgan fingerprint density at radius 1 is 1.21 bits per heavy atom. The van der Waals surface area contributed by atoms with Gasteiger partial charge in [0, 0.05) is 12.1 Å². The summed E-state index contributed by atoms with van der Waals surface area (Å²) in [5.41, 5.74) is 0. The fourth-order valence-corrected chi connectivity index (χ4v) is 2.02. The number of ketones is 1. The van der Waals surface area contributed by atoms with Crippen LogP contribution >= 0.6 is 0 Å². The van der Waals surface area contributed by atoms with Gasteiger partial charge in [0.25, 0.3) is 0 Å². The number of aldehydes is 1. The Hall–Kier alpha value is -1.23. The number of carbonyl (C=O) groups excluding carboxylic acids is 3. The first-order chi connectivity index (χ1) is 6.29. The zero-order valence-corrected chi connectivity index (χ0v) is 9.79. The second-order valence-corrected chi connectivity index (χ2v) is 8.91. The normalized spacial score (nSPS) is 12.1. The number of rotatable bonds is 4. The standard InChI is InChI=1S/C9H14O4Si/c1-7(11)13-6-9(8(12)5-10)14(2,3)4/h5-6H,1-4H3/b9-6+. The second-order valence-electron chi connectivity index (χ2n) is 3.87. The van der Waals surface area contributed by atoms with Crippen molar-refractivity contribution in [3.8, 4) is 0 Å². The van der Waals surface area contributed by atoms with Gasteiger partial charge in [-0.2, -0.15) is 0 Å². The van der Waals surface area contributed by atoms with E-state index in [0.29, 0.717) is 5.20 Å². The third-order valence-corrected chi connectivity index (χ3v) is 3.50. The highest BCUT2D eigenvalue weighted by Gasteiger charge is 2.26. The number of ether oxygens (including phenoxy) is 1. The van der Waals surface area contributed by atoms with Crippen molar-refractivity contribution in [3.05, 3.63) is 11.5 Å². The third kappa shape index (κ3) is 4.13. The van der Waals surface area contributed by atoms with E-state index < -0.39 is 19.8 Å². The summed E-state index contributed by atoms with van der Waals surface area (Å²) in [7, 11) is -1.93. The zero-order chi connectivity index (χ0) is 11.4. The lowest BCUT2D eigenvalue weighted by atomic mass is 10.4. The highest BCUT2D eigenvalue weighted by Crippen LogP contribution is 2.14. The number of Topliss-reactive ketones (excluding diaryl/α,β-unsaturated/α-hetero) is 1. The van der Waals surface area contributed by atoms with Crippen molar-refractivity contribution in [2.24, 2.45) is 0 Å². The maximum absolute atomic E-state index is 11.2. The first-order valence-corrected chi connectivity index (χ1v) is 7.66. The van der Waals surface area contributed by atoms with Crippen molar-refractivity contribution < 1.29 is 19.1 Å². The largest absolute Gasteiger partial charge is 0.435 e. The van der Waals surface area contributed by atoms with Crippen LogP contribution in [0.3, 0.4) is 0 Å². The van der Waals surface area contributed by atoms with E-state index in [9.17, 15) is 14.4 Å². The number of carbonyl (C=O) groups is 3. The summed E-state index contributed by atoms with van der Waals surface area (Å²) in [4.78, 5) is 32.0. The lowest BCUT2D eigenvalue weighted by molar-refractivity contribution is -0.135. The van der Waals surface area contributed by atoms with Crippen LogP contribution in [-0.4, -0.2) is 26.1 Å². The molecule has 0 amide bonds. The molecule has 0 aliphatic rings. The molecule has 0 radical (unpaired) electrons. The van der Waals surface area contributed by atoms with Gasteiger partial charge in [-0.05, 0) is 0 Å². The van der Waals surface area contributed by atoms with Crippen LogP contribution in [0.4, 0.5) is 0 Å². The topological polar surface area (TPSA) is 60.4 Å². The minimum absolute atomic E-state index is 0.244. The highest BCUT2D eigenvalue weighted by molar-refractivity contribution is 6.89. The van der Waals surface area contributed by atoms with E-state index in [0.717, 1.165) is 6.26 Å². The number of hydrogen-bond acceptors (Lipinski definition) is 4. The fourth-order valence-electron chi connectivity index (χ4n) is 0.810. The smallest absolute Gasteiger partial charge is 0.307 e. The minimum atomic E-state index is -1.93. The molecule has 0 aliphatic carbocycles. The molecule has 4 nitrogen and oxygen atoms in total. The van der Waals surface area contributed by atoms with Gasteiger partial charge in [0.15, 0.2) is 6.29 Å². The monoisotopic (exact) mass is 214 g/mol. The maximum atomic E-state index is 11.2. The molecule has 0 heterocycles. The van der Waals surface area contributed by atoms with Crippen molar-refractivity contribution in [3.63, 3.8) is 0 Å². The lowest BCUT2D eigenvalue weighted by Gasteiger charge is -2.16. The predicted molar refractivity (Wildman–Crippen MR) is 54.3 cm³/mol. The molecule has 0 aliphatic heterocycles. The molecule has 5 heteroatoms. The van der Waals surface area contributed by atoms with E-state index in [2.05, 4.69) is 4.74 Å². The van der Waals surface area contributed by atoms with Crippen molar-refractivity contribution in [2.45, 2.75) is 26.6 Å². The molecule has 0 saturated heterocycles. The molecule has 0 aromatic carbocycles. The van der Waals surface area contributed by atoms with Crippen LogP contribution in [-0.2, 0) is 19.1 Å². The molecule has 0 aromatic rings. The van der Waals surface area contributed by atoms with E-state index in [1.807, 2.05) is 19.6 Å². The Bertz CT molecular complexity index is 286. The lowest BCUT2D eigenvalue weighted by Crippen LogP contribution is -2.30. The number of hydrogen-bond donors (Lipinski definition) is 0. The summed E-state index contributed by atoms with van der Waals surface area (Å²) in [6, 6.07) is 0.